The molecule has 0 heterocycles. The Kier molecular flexibility index (Phi) is 5.40. The van der Waals surface area contributed by atoms with Gasteiger partial charge >= 0.3 is 0 Å². The van der Waals surface area contributed by atoms with E-state index in [1.54, 1.807) is 0 Å². The molecule has 2 aliphatic carbocycles. The molecule has 0 aromatic carbocycles. The predicted octanol–water partition coefficient (Wildman–Crippen LogP) is 1.21. The van der Waals surface area contributed by atoms with Gasteiger partial charge in [0.25, 0.3) is 0 Å². The minimum absolute atomic E-state index is 0.0499. The Morgan fingerprint density at radius 3 is 2.25 bits per heavy atom. The van der Waals surface area contributed by atoms with Crippen LogP contribution in [0.15, 0.2) is 0 Å². The molecule has 2 rings (SSSR count). The highest BCUT2D eigenvalue weighted by Gasteiger charge is 2.35. The summed E-state index contributed by atoms with van der Waals surface area (Å²) in [5.74, 6) is -0.263. The molecule has 0 atom stereocenters. The summed E-state index contributed by atoms with van der Waals surface area (Å²) in [7, 11) is 0. The SMILES string of the molecule is NC1(C(=O)NCC(=O)NC2CCCCC2)CCCCC1. The van der Waals surface area contributed by atoms with Gasteiger partial charge in [0.2, 0.25) is 11.8 Å². The van der Waals surface area contributed by atoms with Crippen LogP contribution in [-0.4, -0.2) is 29.9 Å². The van der Waals surface area contributed by atoms with E-state index in [2.05, 4.69) is 10.6 Å². The third-order valence-corrected chi connectivity index (χ3v) is 4.58. The van der Waals surface area contributed by atoms with Gasteiger partial charge in [-0.1, -0.05) is 38.5 Å². The molecule has 2 fully saturated rings. The molecule has 0 aromatic heterocycles. The fourth-order valence-electron chi connectivity index (χ4n) is 3.27. The number of hydrogen-bond donors (Lipinski definition) is 3. The molecule has 5 nitrogen and oxygen atoms in total. The van der Waals surface area contributed by atoms with Crippen molar-refractivity contribution >= 4 is 11.8 Å². The highest BCUT2D eigenvalue weighted by Crippen LogP contribution is 2.25. The van der Waals surface area contributed by atoms with Gasteiger partial charge in [-0.15, -0.1) is 0 Å². The van der Waals surface area contributed by atoms with E-state index in [4.69, 9.17) is 5.73 Å². The van der Waals surface area contributed by atoms with Crippen molar-refractivity contribution in [3.63, 3.8) is 0 Å². The van der Waals surface area contributed by atoms with Crippen LogP contribution >= 0.6 is 0 Å². The maximum absolute atomic E-state index is 12.1. The standard InChI is InChI=1S/C15H27N3O2/c16-15(9-5-2-6-10-15)14(20)17-11-13(19)18-12-7-3-1-4-8-12/h12H,1-11,16H2,(H,17,20)(H,18,19). The van der Waals surface area contributed by atoms with Gasteiger partial charge in [-0.2, -0.15) is 0 Å². The Morgan fingerprint density at radius 1 is 1.00 bits per heavy atom. The second kappa shape index (κ2) is 7.07. The lowest BCUT2D eigenvalue weighted by Gasteiger charge is -2.31. The van der Waals surface area contributed by atoms with E-state index in [0.29, 0.717) is 0 Å². The molecule has 2 amide bonds. The van der Waals surface area contributed by atoms with Crippen LogP contribution < -0.4 is 16.4 Å². The lowest BCUT2D eigenvalue weighted by atomic mass is 9.82. The Morgan fingerprint density at radius 2 is 1.60 bits per heavy atom. The average molecular weight is 281 g/mol. The van der Waals surface area contributed by atoms with E-state index in [0.717, 1.165) is 44.9 Å². The van der Waals surface area contributed by atoms with E-state index in [1.165, 1.54) is 19.3 Å². The molecule has 0 radical (unpaired) electrons. The van der Waals surface area contributed by atoms with E-state index in [1.807, 2.05) is 0 Å². The van der Waals surface area contributed by atoms with E-state index < -0.39 is 5.54 Å². The van der Waals surface area contributed by atoms with Gasteiger partial charge in [0, 0.05) is 6.04 Å². The van der Waals surface area contributed by atoms with Crippen LogP contribution in [0.25, 0.3) is 0 Å². The van der Waals surface area contributed by atoms with Crippen LogP contribution in [0.2, 0.25) is 0 Å². The number of hydrogen-bond acceptors (Lipinski definition) is 3. The number of nitrogens with two attached hydrogens (primary N) is 1. The van der Waals surface area contributed by atoms with Gasteiger partial charge in [-0.05, 0) is 25.7 Å². The van der Waals surface area contributed by atoms with Crippen LogP contribution in [0, 0.1) is 0 Å². The topological polar surface area (TPSA) is 84.2 Å². The zero-order valence-electron chi connectivity index (χ0n) is 12.2. The van der Waals surface area contributed by atoms with E-state index in [-0.39, 0.29) is 24.4 Å². The normalized spacial score (nSPS) is 23.1. The van der Waals surface area contributed by atoms with Gasteiger partial charge in [0.05, 0.1) is 12.1 Å². The summed E-state index contributed by atoms with van der Waals surface area (Å²) in [4.78, 5) is 23.9. The third-order valence-electron chi connectivity index (χ3n) is 4.58. The maximum atomic E-state index is 12.1. The molecule has 2 saturated carbocycles. The second-order valence-corrected chi connectivity index (χ2v) is 6.30. The van der Waals surface area contributed by atoms with Crippen molar-refractivity contribution in [2.45, 2.75) is 75.8 Å². The minimum atomic E-state index is -0.761. The Labute approximate surface area is 121 Å². The smallest absolute Gasteiger partial charge is 0.240 e. The zero-order chi connectivity index (χ0) is 14.4. The molecule has 0 spiro atoms. The molecule has 20 heavy (non-hydrogen) atoms. The van der Waals surface area contributed by atoms with Crippen LogP contribution in [0.5, 0.6) is 0 Å². The van der Waals surface area contributed by atoms with Crippen molar-refractivity contribution in [1.29, 1.82) is 0 Å². The van der Waals surface area contributed by atoms with Crippen LogP contribution in [0.4, 0.5) is 0 Å². The van der Waals surface area contributed by atoms with E-state index in [9.17, 15) is 9.59 Å². The van der Waals surface area contributed by atoms with Crippen molar-refractivity contribution in [3.05, 3.63) is 0 Å². The summed E-state index contributed by atoms with van der Waals surface area (Å²) >= 11 is 0. The number of carbonyl (C=O) groups is 2. The first-order chi connectivity index (χ1) is 9.60. The van der Waals surface area contributed by atoms with Crippen molar-refractivity contribution in [3.8, 4) is 0 Å². The Hall–Kier alpha value is -1.10. The molecule has 0 unspecified atom stereocenters. The maximum Gasteiger partial charge on any atom is 0.240 e. The highest BCUT2D eigenvalue weighted by atomic mass is 16.2. The summed E-state index contributed by atoms with van der Waals surface area (Å²) < 4.78 is 0. The molecule has 0 aliphatic heterocycles. The third kappa shape index (κ3) is 4.20. The van der Waals surface area contributed by atoms with Crippen LogP contribution in [0.3, 0.4) is 0 Å². The monoisotopic (exact) mass is 281 g/mol. The molecule has 114 valence electrons. The van der Waals surface area contributed by atoms with Crippen molar-refractivity contribution in [1.82, 2.24) is 10.6 Å². The minimum Gasteiger partial charge on any atom is -0.352 e. The summed E-state index contributed by atoms with van der Waals surface area (Å²) in [6.07, 6.45) is 10.3. The predicted molar refractivity (Wildman–Crippen MR) is 78.0 cm³/mol. The summed E-state index contributed by atoms with van der Waals surface area (Å²) in [5, 5.41) is 5.70. The molecule has 2 aliphatic rings. The van der Waals surface area contributed by atoms with Crippen molar-refractivity contribution < 1.29 is 9.59 Å². The molecule has 4 N–H and O–H groups in total. The van der Waals surface area contributed by atoms with Gasteiger partial charge < -0.3 is 16.4 Å². The molecular weight excluding hydrogens is 254 g/mol. The second-order valence-electron chi connectivity index (χ2n) is 6.30. The highest BCUT2D eigenvalue weighted by molar-refractivity contribution is 5.90. The summed E-state index contributed by atoms with van der Waals surface area (Å²) in [6.45, 7) is 0.0499. The zero-order valence-corrected chi connectivity index (χ0v) is 12.2. The lowest BCUT2D eigenvalue weighted by Crippen LogP contribution is -2.56. The first kappa shape index (κ1) is 15.3. The molecule has 0 bridgehead atoms. The Bertz CT molecular complexity index is 345. The first-order valence-corrected chi connectivity index (χ1v) is 7.97. The average Bonchev–Trinajstić information content (AvgIpc) is 2.46. The number of amides is 2. The summed E-state index contributed by atoms with van der Waals surface area (Å²) in [6, 6.07) is 0.287. The van der Waals surface area contributed by atoms with Gasteiger partial charge in [0.1, 0.15) is 0 Å². The summed E-state index contributed by atoms with van der Waals surface area (Å²) in [5.41, 5.74) is 5.37. The Balaban J connectivity index is 1.70. The number of rotatable bonds is 4. The van der Waals surface area contributed by atoms with Crippen LogP contribution in [0.1, 0.15) is 64.2 Å². The lowest BCUT2D eigenvalue weighted by molar-refractivity contribution is -0.130. The van der Waals surface area contributed by atoms with Gasteiger partial charge in [-0.3, -0.25) is 9.59 Å². The van der Waals surface area contributed by atoms with Crippen molar-refractivity contribution in [2.24, 2.45) is 5.73 Å². The largest absolute Gasteiger partial charge is 0.352 e. The van der Waals surface area contributed by atoms with Gasteiger partial charge in [-0.25, -0.2) is 0 Å². The fraction of sp³-hybridized carbons (Fsp3) is 0.867. The van der Waals surface area contributed by atoms with Crippen LogP contribution in [-0.2, 0) is 9.59 Å². The molecule has 0 aromatic rings. The first-order valence-electron chi connectivity index (χ1n) is 7.97. The fourth-order valence-corrected chi connectivity index (χ4v) is 3.27. The van der Waals surface area contributed by atoms with E-state index >= 15 is 0 Å². The molecule has 5 heteroatoms. The number of nitrogens with one attached hydrogen (secondary N) is 2. The molecule has 0 saturated heterocycles. The molecular formula is C15H27N3O2. The van der Waals surface area contributed by atoms with Gasteiger partial charge in [0.15, 0.2) is 0 Å². The number of carbonyl (C=O) groups excluding carboxylic acids is 2. The quantitative estimate of drug-likeness (QED) is 0.724. The van der Waals surface area contributed by atoms with Crippen molar-refractivity contribution in [2.75, 3.05) is 6.54 Å².